The number of carbonyl (C=O) groups excluding carboxylic acids is 2. The number of esters is 1. The molecule has 0 N–H and O–H groups in total. The van der Waals surface area contributed by atoms with Gasteiger partial charge in [0.2, 0.25) is 0 Å². The summed E-state index contributed by atoms with van der Waals surface area (Å²) in [7, 11) is 0. The van der Waals surface area contributed by atoms with Crippen molar-refractivity contribution in [1.29, 1.82) is 0 Å². The lowest BCUT2D eigenvalue weighted by Gasteiger charge is -2.22. The Balaban J connectivity index is 1.39. The van der Waals surface area contributed by atoms with Crippen LogP contribution < -0.4 is 4.90 Å². The summed E-state index contributed by atoms with van der Waals surface area (Å²) in [6.07, 6.45) is 0.348. The van der Waals surface area contributed by atoms with Gasteiger partial charge in [0.05, 0.1) is 24.8 Å². The molecule has 1 heterocycles. The molecule has 1 aromatic heterocycles. The van der Waals surface area contributed by atoms with Crippen LogP contribution in [0.4, 0.5) is 16.2 Å². The van der Waals surface area contributed by atoms with Gasteiger partial charge in [-0.25, -0.2) is 9.69 Å². The van der Waals surface area contributed by atoms with E-state index in [1.807, 2.05) is 61.5 Å². The van der Waals surface area contributed by atoms with E-state index in [1.54, 1.807) is 13.8 Å². The van der Waals surface area contributed by atoms with Gasteiger partial charge < -0.3 is 14.0 Å². The van der Waals surface area contributed by atoms with Gasteiger partial charge in [0.1, 0.15) is 11.4 Å². The summed E-state index contributed by atoms with van der Waals surface area (Å²) >= 11 is 0. The molecule has 0 aliphatic heterocycles. The van der Waals surface area contributed by atoms with Gasteiger partial charge in [0.25, 0.3) is 0 Å². The molecule has 7 heteroatoms. The fourth-order valence-electron chi connectivity index (χ4n) is 4.72. The molecule has 0 spiro atoms. The Morgan fingerprint density at radius 1 is 0.868 bits per heavy atom. The number of nitrogens with zero attached hydrogens (tertiary/aromatic N) is 2. The van der Waals surface area contributed by atoms with E-state index in [4.69, 9.17) is 14.0 Å². The van der Waals surface area contributed by atoms with Crippen molar-refractivity contribution in [2.75, 3.05) is 18.1 Å². The molecule has 0 bridgehead atoms. The van der Waals surface area contributed by atoms with Crippen LogP contribution >= 0.6 is 0 Å². The number of amides is 1. The minimum absolute atomic E-state index is 0.0234. The van der Waals surface area contributed by atoms with Crippen LogP contribution in [-0.4, -0.2) is 30.4 Å². The molecule has 7 nitrogen and oxygen atoms in total. The lowest BCUT2D eigenvalue weighted by atomic mass is 10.00. The number of para-hydroxylation sites is 1. The lowest BCUT2D eigenvalue weighted by Crippen LogP contribution is -2.27. The zero-order chi connectivity index (χ0) is 26.6. The van der Waals surface area contributed by atoms with Crippen molar-refractivity contribution in [2.45, 2.75) is 33.1 Å². The van der Waals surface area contributed by atoms with E-state index < -0.39 is 6.09 Å². The maximum atomic E-state index is 13.0. The molecule has 5 rings (SSSR count). The van der Waals surface area contributed by atoms with Crippen LogP contribution in [0.5, 0.6) is 0 Å². The zero-order valence-corrected chi connectivity index (χ0v) is 21.7. The summed E-state index contributed by atoms with van der Waals surface area (Å²) in [5, 5.41) is 4.17. The maximum absolute atomic E-state index is 13.0. The second-order valence-electron chi connectivity index (χ2n) is 9.22. The van der Waals surface area contributed by atoms with Crippen LogP contribution in [0, 0.1) is 12.8 Å². The number of anilines is 2. The molecular weight excluding hydrogens is 480 g/mol. The highest BCUT2D eigenvalue weighted by Gasteiger charge is 2.45. The molecule has 0 radical (unpaired) electrons. The van der Waals surface area contributed by atoms with Crippen molar-refractivity contribution in [1.82, 2.24) is 5.16 Å². The highest BCUT2D eigenvalue weighted by Crippen LogP contribution is 2.48. The van der Waals surface area contributed by atoms with E-state index in [0.29, 0.717) is 29.4 Å². The first-order valence-corrected chi connectivity index (χ1v) is 12.9. The summed E-state index contributed by atoms with van der Waals surface area (Å²) in [6.45, 7) is 6.08. The maximum Gasteiger partial charge on any atom is 0.419 e. The van der Waals surface area contributed by atoms with Crippen LogP contribution in [0.25, 0.3) is 22.5 Å². The minimum atomic E-state index is -0.496. The quantitative estimate of drug-likeness (QED) is 0.232. The number of rotatable bonds is 8. The predicted molar refractivity (Wildman–Crippen MR) is 145 cm³/mol. The molecule has 1 aliphatic rings. The molecule has 194 valence electrons. The molecule has 1 fully saturated rings. The summed E-state index contributed by atoms with van der Waals surface area (Å²) in [5.41, 5.74) is 5.86. The molecular formula is C31H30N2O5. The summed E-state index contributed by atoms with van der Waals surface area (Å²) in [5.74, 6) is 0.600. The normalized spacial score (nSPS) is 16.1. The fraction of sp³-hybridized carbons (Fsp3) is 0.258. The van der Waals surface area contributed by atoms with Gasteiger partial charge in [-0.2, -0.15) is 0 Å². The third-order valence-corrected chi connectivity index (χ3v) is 6.72. The average Bonchev–Trinajstić information content (AvgIpc) is 3.67. The Hall–Kier alpha value is -4.39. The van der Waals surface area contributed by atoms with Gasteiger partial charge in [-0.1, -0.05) is 71.9 Å². The Morgan fingerprint density at radius 3 is 2.11 bits per heavy atom. The average molecular weight is 511 g/mol. The van der Waals surface area contributed by atoms with E-state index in [-0.39, 0.29) is 24.4 Å². The third-order valence-electron chi connectivity index (χ3n) is 6.72. The number of benzene rings is 3. The van der Waals surface area contributed by atoms with Crippen molar-refractivity contribution in [3.63, 3.8) is 0 Å². The molecule has 0 saturated heterocycles. The highest BCUT2D eigenvalue weighted by molar-refractivity contribution is 6.00. The molecule has 4 aromatic rings. The van der Waals surface area contributed by atoms with Gasteiger partial charge in [0, 0.05) is 5.56 Å². The van der Waals surface area contributed by atoms with Crippen LogP contribution in [-0.2, 0) is 14.3 Å². The first-order valence-electron chi connectivity index (χ1n) is 12.9. The van der Waals surface area contributed by atoms with E-state index in [1.165, 1.54) is 4.90 Å². The zero-order valence-electron chi connectivity index (χ0n) is 21.7. The number of aromatic nitrogens is 1. The van der Waals surface area contributed by atoms with Gasteiger partial charge in [0.15, 0.2) is 5.76 Å². The van der Waals surface area contributed by atoms with Gasteiger partial charge in [-0.3, -0.25) is 4.79 Å². The summed E-state index contributed by atoms with van der Waals surface area (Å²) in [6, 6.07) is 25.6. The van der Waals surface area contributed by atoms with E-state index in [0.717, 1.165) is 28.7 Å². The monoisotopic (exact) mass is 510 g/mol. The topological polar surface area (TPSA) is 81.9 Å². The molecule has 2 unspecified atom stereocenters. The molecule has 38 heavy (non-hydrogen) atoms. The van der Waals surface area contributed by atoms with Crippen molar-refractivity contribution in [2.24, 2.45) is 5.92 Å². The van der Waals surface area contributed by atoms with Crippen molar-refractivity contribution >= 4 is 23.4 Å². The molecule has 2 atom stereocenters. The number of hydrogen-bond donors (Lipinski definition) is 0. The number of carbonyl (C=O) groups is 2. The number of hydrogen-bond acceptors (Lipinski definition) is 6. The Bertz CT molecular complexity index is 1410. The summed E-state index contributed by atoms with van der Waals surface area (Å²) < 4.78 is 16.2. The molecule has 1 saturated carbocycles. The van der Waals surface area contributed by atoms with E-state index in [9.17, 15) is 9.59 Å². The third kappa shape index (κ3) is 5.05. The standard InChI is InChI=1S/C31H30N2O5/c1-4-36-30(34)27-19-26(27)23-15-11-21(12-16-23)22-13-17-24(18-14-22)29-28(20(3)32-38-29)33(31(35)37-5-2)25-9-7-6-8-10-25/h6-18,26-27H,4-5,19H2,1-3H3. The van der Waals surface area contributed by atoms with Crippen LogP contribution in [0.1, 0.15) is 37.4 Å². The van der Waals surface area contributed by atoms with Crippen molar-refractivity contribution in [3.8, 4) is 22.5 Å². The minimum Gasteiger partial charge on any atom is -0.466 e. The van der Waals surface area contributed by atoms with Crippen LogP contribution in [0.2, 0.25) is 0 Å². The van der Waals surface area contributed by atoms with E-state index in [2.05, 4.69) is 29.4 Å². The second kappa shape index (κ2) is 10.9. The Kier molecular flexibility index (Phi) is 7.26. The fourth-order valence-corrected chi connectivity index (χ4v) is 4.72. The Labute approximate surface area is 222 Å². The SMILES string of the molecule is CCOC(=O)C1CC1c1ccc(-c2ccc(-c3onc(C)c3N(C(=O)OCC)c3ccccc3)cc2)cc1. The predicted octanol–water partition coefficient (Wildman–Crippen LogP) is 7.28. The smallest absolute Gasteiger partial charge is 0.419 e. The van der Waals surface area contributed by atoms with Gasteiger partial charge >= 0.3 is 12.1 Å². The van der Waals surface area contributed by atoms with Crippen molar-refractivity contribution < 1.29 is 23.6 Å². The first-order chi connectivity index (χ1) is 18.5. The lowest BCUT2D eigenvalue weighted by molar-refractivity contribution is -0.144. The summed E-state index contributed by atoms with van der Waals surface area (Å²) in [4.78, 5) is 26.5. The first kappa shape index (κ1) is 25.3. The van der Waals surface area contributed by atoms with Gasteiger partial charge in [-0.05, 0) is 61.9 Å². The highest BCUT2D eigenvalue weighted by atomic mass is 16.6. The number of aryl methyl sites for hydroxylation is 1. The van der Waals surface area contributed by atoms with Crippen LogP contribution in [0.3, 0.4) is 0 Å². The largest absolute Gasteiger partial charge is 0.466 e. The van der Waals surface area contributed by atoms with Crippen LogP contribution in [0.15, 0.2) is 83.4 Å². The molecule has 1 amide bonds. The number of ether oxygens (including phenoxy) is 2. The molecule has 1 aliphatic carbocycles. The Morgan fingerprint density at radius 2 is 1.47 bits per heavy atom. The van der Waals surface area contributed by atoms with Crippen molar-refractivity contribution in [3.05, 3.63) is 90.1 Å². The second-order valence-corrected chi connectivity index (χ2v) is 9.22. The molecule has 3 aromatic carbocycles. The van der Waals surface area contributed by atoms with E-state index >= 15 is 0 Å². The van der Waals surface area contributed by atoms with Gasteiger partial charge in [-0.15, -0.1) is 0 Å².